The number of hydrogen-bond donors (Lipinski definition) is 2. The van der Waals surface area contributed by atoms with Gasteiger partial charge < -0.3 is 20.2 Å². The molecule has 106 valence electrons. The van der Waals surface area contributed by atoms with Crippen LogP contribution in [0, 0.1) is 0 Å². The van der Waals surface area contributed by atoms with Crippen molar-refractivity contribution >= 4 is 12.0 Å². The highest BCUT2D eigenvalue weighted by Crippen LogP contribution is 2.16. The molecule has 6 nitrogen and oxygen atoms in total. The molecule has 0 spiro atoms. The minimum Gasteiger partial charge on any atom is -0.480 e. The predicted molar refractivity (Wildman–Crippen MR) is 57.2 cm³/mol. The molecule has 0 rings (SSSR count). The molecule has 0 fully saturated rings. The van der Waals surface area contributed by atoms with Crippen LogP contribution in [0.2, 0.25) is 0 Å². The van der Waals surface area contributed by atoms with Gasteiger partial charge in [0.25, 0.3) is 0 Å². The Morgan fingerprint density at radius 1 is 1.28 bits per heavy atom. The lowest BCUT2D eigenvalue weighted by Crippen LogP contribution is -2.48. The fourth-order valence-corrected chi connectivity index (χ4v) is 1.08. The standard InChI is InChI=1S/C9H16F3N3O3/c1-14(2)4-3-13-8(18)15(5-7(16)17)6-9(10,11)12/h3-6H2,1-2H3,(H,13,18)(H,16,17). The van der Waals surface area contributed by atoms with E-state index in [4.69, 9.17) is 5.11 Å². The number of nitrogens with zero attached hydrogens (tertiary/aromatic N) is 2. The van der Waals surface area contributed by atoms with E-state index in [1.54, 1.807) is 19.0 Å². The van der Waals surface area contributed by atoms with Crippen LogP contribution in [0.3, 0.4) is 0 Å². The maximum Gasteiger partial charge on any atom is 0.406 e. The van der Waals surface area contributed by atoms with Gasteiger partial charge in [-0.2, -0.15) is 13.2 Å². The van der Waals surface area contributed by atoms with Crippen LogP contribution in [0.25, 0.3) is 0 Å². The average Bonchev–Trinajstić information content (AvgIpc) is 2.12. The summed E-state index contributed by atoms with van der Waals surface area (Å²) in [5.41, 5.74) is 0. The molecule has 2 N–H and O–H groups in total. The maximum atomic E-state index is 12.1. The summed E-state index contributed by atoms with van der Waals surface area (Å²) < 4.78 is 36.4. The van der Waals surface area contributed by atoms with Gasteiger partial charge in [-0.15, -0.1) is 0 Å². The highest BCUT2D eigenvalue weighted by molar-refractivity contribution is 5.80. The third kappa shape index (κ3) is 8.62. The van der Waals surface area contributed by atoms with Crippen molar-refractivity contribution in [1.29, 1.82) is 0 Å². The van der Waals surface area contributed by atoms with Gasteiger partial charge in [0.1, 0.15) is 13.1 Å². The van der Waals surface area contributed by atoms with Crippen molar-refractivity contribution in [3.63, 3.8) is 0 Å². The second-order valence-electron chi connectivity index (χ2n) is 3.90. The van der Waals surface area contributed by atoms with Crippen LogP contribution in [0.5, 0.6) is 0 Å². The summed E-state index contributed by atoms with van der Waals surface area (Å²) in [5, 5.41) is 10.7. The lowest BCUT2D eigenvalue weighted by Gasteiger charge is -2.22. The fourth-order valence-electron chi connectivity index (χ4n) is 1.08. The van der Waals surface area contributed by atoms with Crippen molar-refractivity contribution in [3.05, 3.63) is 0 Å². The summed E-state index contributed by atoms with van der Waals surface area (Å²) >= 11 is 0. The molecule has 0 bridgehead atoms. The number of aliphatic carboxylic acids is 1. The number of nitrogens with one attached hydrogen (secondary N) is 1. The van der Waals surface area contributed by atoms with Gasteiger partial charge in [0.15, 0.2) is 0 Å². The molecule has 0 aliphatic carbocycles. The number of carboxylic acid groups (broad SMARTS) is 1. The van der Waals surface area contributed by atoms with E-state index in [-0.39, 0.29) is 11.4 Å². The van der Waals surface area contributed by atoms with E-state index in [0.29, 0.717) is 6.54 Å². The van der Waals surface area contributed by atoms with E-state index >= 15 is 0 Å². The van der Waals surface area contributed by atoms with E-state index in [1.165, 1.54) is 0 Å². The van der Waals surface area contributed by atoms with Crippen molar-refractivity contribution in [3.8, 4) is 0 Å². The molecule has 0 aliphatic heterocycles. The summed E-state index contributed by atoms with van der Waals surface area (Å²) in [6.45, 7) is -2.00. The molecule has 0 saturated heterocycles. The SMILES string of the molecule is CN(C)CCNC(=O)N(CC(=O)O)CC(F)(F)F. The van der Waals surface area contributed by atoms with Gasteiger partial charge in [-0.1, -0.05) is 0 Å². The molecule has 0 aliphatic rings. The lowest BCUT2D eigenvalue weighted by molar-refractivity contribution is -0.148. The minimum absolute atomic E-state index is 0.139. The molecule has 0 heterocycles. The monoisotopic (exact) mass is 271 g/mol. The highest BCUT2D eigenvalue weighted by Gasteiger charge is 2.33. The van der Waals surface area contributed by atoms with Crippen LogP contribution in [0.4, 0.5) is 18.0 Å². The zero-order valence-corrected chi connectivity index (χ0v) is 10.1. The second kappa shape index (κ2) is 7.04. The lowest BCUT2D eigenvalue weighted by atomic mass is 10.4. The predicted octanol–water partition coefficient (Wildman–Crippen LogP) is 0.206. The first kappa shape index (κ1) is 16.5. The molecule has 0 aromatic rings. The fraction of sp³-hybridized carbons (Fsp3) is 0.778. The zero-order chi connectivity index (χ0) is 14.3. The first-order valence-corrected chi connectivity index (χ1v) is 5.08. The minimum atomic E-state index is -4.63. The Morgan fingerprint density at radius 2 is 1.83 bits per heavy atom. The third-order valence-corrected chi connectivity index (χ3v) is 1.82. The van der Waals surface area contributed by atoms with Gasteiger partial charge in [0.2, 0.25) is 0 Å². The van der Waals surface area contributed by atoms with Gasteiger partial charge in [0.05, 0.1) is 0 Å². The zero-order valence-electron chi connectivity index (χ0n) is 10.1. The molecular formula is C9H16F3N3O3. The number of halogens is 3. The van der Waals surface area contributed by atoms with Crippen LogP contribution in [0.1, 0.15) is 0 Å². The maximum absolute atomic E-state index is 12.1. The Balaban J connectivity index is 4.36. The highest BCUT2D eigenvalue weighted by atomic mass is 19.4. The Kier molecular flexibility index (Phi) is 6.45. The Morgan fingerprint density at radius 3 is 2.22 bits per heavy atom. The van der Waals surface area contributed by atoms with Crippen molar-refractivity contribution in [2.24, 2.45) is 0 Å². The summed E-state index contributed by atoms with van der Waals surface area (Å²) in [5.74, 6) is -1.50. The Bertz CT molecular complexity index is 295. The molecule has 0 radical (unpaired) electrons. The number of alkyl halides is 3. The molecular weight excluding hydrogens is 255 g/mol. The quantitative estimate of drug-likeness (QED) is 0.724. The van der Waals surface area contributed by atoms with E-state index in [9.17, 15) is 22.8 Å². The number of carbonyl (C=O) groups is 2. The molecule has 2 amide bonds. The van der Waals surface area contributed by atoms with Gasteiger partial charge in [0, 0.05) is 13.1 Å². The molecule has 0 aromatic carbocycles. The Hall–Kier alpha value is -1.51. The van der Waals surface area contributed by atoms with E-state index in [2.05, 4.69) is 5.32 Å². The first-order chi connectivity index (χ1) is 8.11. The molecule has 9 heteroatoms. The topological polar surface area (TPSA) is 72.9 Å². The number of likely N-dealkylation sites (N-methyl/N-ethyl adjacent to an activating group) is 1. The van der Waals surface area contributed by atoms with E-state index < -0.39 is 31.3 Å². The molecule has 0 unspecified atom stereocenters. The second-order valence-corrected chi connectivity index (χ2v) is 3.90. The Labute approximate surface area is 102 Å². The summed E-state index contributed by atoms with van der Waals surface area (Å²) in [6.07, 6.45) is -4.63. The molecule has 0 atom stereocenters. The van der Waals surface area contributed by atoms with E-state index in [0.717, 1.165) is 0 Å². The van der Waals surface area contributed by atoms with Crippen LogP contribution >= 0.6 is 0 Å². The number of carbonyl (C=O) groups excluding carboxylic acids is 1. The van der Waals surface area contributed by atoms with Gasteiger partial charge >= 0.3 is 18.2 Å². The number of amides is 2. The molecule has 0 saturated carbocycles. The largest absolute Gasteiger partial charge is 0.480 e. The molecule has 0 aromatic heterocycles. The number of hydrogen-bond acceptors (Lipinski definition) is 3. The van der Waals surface area contributed by atoms with Crippen molar-refractivity contribution in [1.82, 2.24) is 15.1 Å². The van der Waals surface area contributed by atoms with Gasteiger partial charge in [-0.25, -0.2) is 4.79 Å². The van der Waals surface area contributed by atoms with Crippen molar-refractivity contribution in [2.45, 2.75) is 6.18 Å². The van der Waals surface area contributed by atoms with Crippen LogP contribution in [0.15, 0.2) is 0 Å². The third-order valence-electron chi connectivity index (χ3n) is 1.82. The van der Waals surface area contributed by atoms with Gasteiger partial charge in [-0.3, -0.25) is 4.79 Å². The number of rotatable bonds is 6. The van der Waals surface area contributed by atoms with Crippen molar-refractivity contribution in [2.75, 3.05) is 40.3 Å². The van der Waals surface area contributed by atoms with Crippen LogP contribution in [-0.2, 0) is 4.79 Å². The molecule has 18 heavy (non-hydrogen) atoms. The van der Waals surface area contributed by atoms with Crippen LogP contribution in [-0.4, -0.2) is 73.4 Å². The van der Waals surface area contributed by atoms with E-state index in [1.807, 2.05) is 0 Å². The van der Waals surface area contributed by atoms with Crippen LogP contribution < -0.4 is 5.32 Å². The smallest absolute Gasteiger partial charge is 0.406 e. The summed E-state index contributed by atoms with van der Waals surface area (Å²) in [4.78, 5) is 23.7. The van der Waals surface area contributed by atoms with Crippen molar-refractivity contribution < 1.29 is 27.9 Å². The average molecular weight is 271 g/mol. The number of carboxylic acids is 1. The summed E-state index contributed by atoms with van der Waals surface area (Å²) in [7, 11) is 3.47. The summed E-state index contributed by atoms with van der Waals surface area (Å²) in [6, 6.07) is -1.04. The number of urea groups is 1. The normalized spacial score (nSPS) is 11.4. The van der Waals surface area contributed by atoms with Gasteiger partial charge in [-0.05, 0) is 14.1 Å². The first-order valence-electron chi connectivity index (χ1n) is 5.08.